The molecule has 0 radical (unpaired) electrons. The molecule has 0 bridgehead atoms. The molecule has 0 saturated heterocycles. The summed E-state index contributed by atoms with van der Waals surface area (Å²) in [4.78, 5) is 45.2. The minimum absolute atomic E-state index is 0.0165. The number of hydrogen-bond donors (Lipinski definition) is 2. The SMILES string of the molecule is CNC(=O)c1c(-c2ccc(F)cc2)oc2nc(Cl)c(-c3ccc(F)c(C(=O)OC)c3)cc12.CNC(=O)c1c(-c2ccc(F)cc2)oc2nc(Cl)c(Br)cc12. The second kappa shape index (κ2) is 15.7. The summed E-state index contributed by atoms with van der Waals surface area (Å²) in [7, 11) is 4.13. The van der Waals surface area contributed by atoms with Crippen molar-refractivity contribution in [2.45, 2.75) is 0 Å². The van der Waals surface area contributed by atoms with Gasteiger partial charge >= 0.3 is 5.97 Å². The van der Waals surface area contributed by atoms with Crippen LogP contribution in [0.1, 0.15) is 31.1 Å². The Balaban J connectivity index is 0.000000197. The van der Waals surface area contributed by atoms with E-state index in [2.05, 4.69) is 41.3 Å². The summed E-state index contributed by atoms with van der Waals surface area (Å²) in [5.74, 6) is -2.67. The van der Waals surface area contributed by atoms with Gasteiger partial charge in [-0.25, -0.2) is 22.9 Å². The van der Waals surface area contributed by atoms with Gasteiger partial charge in [0.25, 0.3) is 11.8 Å². The molecule has 2 N–H and O–H groups in total. The first-order chi connectivity index (χ1) is 25.8. The van der Waals surface area contributed by atoms with E-state index in [0.717, 1.165) is 13.2 Å². The summed E-state index contributed by atoms with van der Waals surface area (Å²) in [6.07, 6.45) is 0. The van der Waals surface area contributed by atoms with E-state index in [-0.39, 0.29) is 50.3 Å². The highest BCUT2D eigenvalue weighted by Gasteiger charge is 2.26. The van der Waals surface area contributed by atoms with E-state index in [9.17, 15) is 27.6 Å². The van der Waals surface area contributed by atoms with E-state index in [4.69, 9.17) is 32.0 Å². The third-order valence-electron chi connectivity index (χ3n) is 8.03. The molecule has 4 heterocycles. The fraction of sp³-hybridized carbons (Fsp3) is 0.0789. The lowest BCUT2D eigenvalue weighted by molar-refractivity contribution is 0.0595. The van der Waals surface area contributed by atoms with Crippen molar-refractivity contribution in [3.63, 3.8) is 0 Å². The molecule has 0 spiro atoms. The lowest BCUT2D eigenvalue weighted by atomic mass is 10.0. The maximum Gasteiger partial charge on any atom is 0.340 e. The Bertz CT molecular complexity index is 2600. The van der Waals surface area contributed by atoms with Crippen LogP contribution in [0.2, 0.25) is 10.3 Å². The number of nitrogens with zero attached hydrogens (tertiary/aromatic N) is 2. The molecule has 7 aromatic rings. The monoisotopic (exact) mass is 838 g/mol. The maximum absolute atomic E-state index is 14.1. The number of carbonyl (C=O) groups is 3. The van der Waals surface area contributed by atoms with Gasteiger partial charge in [0.1, 0.15) is 39.3 Å². The van der Waals surface area contributed by atoms with E-state index >= 15 is 0 Å². The topological polar surface area (TPSA) is 137 Å². The zero-order valence-electron chi connectivity index (χ0n) is 28.1. The number of esters is 1. The minimum atomic E-state index is -0.845. The summed E-state index contributed by atoms with van der Waals surface area (Å²) in [5.41, 5.74) is 2.34. The molecule has 0 unspecified atom stereocenters. The first kappa shape index (κ1) is 38.0. The molecule has 7 rings (SSSR count). The molecular weight excluding hydrogens is 816 g/mol. The Morgan fingerprint density at radius 3 is 1.63 bits per heavy atom. The van der Waals surface area contributed by atoms with Gasteiger partial charge in [0.2, 0.25) is 11.4 Å². The quantitative estimate of drug-likeness (QED) is 0.125. The highest BCUT2D eigenvalue weighted by Crippen LogP contribution is 2.39. The molecule has 16 heteroatoms. The summed E-state index contributed by atoms with van der Waals surface area (Å²) >= 11 is 15.6. The van der Waals surface area contributed by atoms with Gasteiger partial charge in [0, 0.05) is 30.8 Å². The molecule has 0 saturated carbocycles. The van der Waals surface area contributed by atoms with Crippen LogP contribution in [0.3, 0.4) is 0 Å². The molecule has 0 fully saturated rings. The molecule has 3 aromatic carbocycles. The van der Waals surface area contributed by atoms with Crippen LogP contribution in [0, 0.1) is 17.5 Å². The van der Waals surface area contributed by atoms with Crippen molar-refractivity contribution < 1.29 is 41.1 Å². The number of nitrogens with one attached hydrogen (secondary N) is 2. The molecule has 0 aliphatic carbocycles. The summed E-state index contributed by atoms with van der Waals surface area (Å²) in [6, 6.07) is 18.2. The molecule has 0 aliphatic rings. The van der Waals surface area contributed by atoms with Crippen molar-refractivity contribution in [2.24, 2.45) is 0 Å². The Labute approximate surface area is 322 Å². The first-order valence-corrected chi connectivity index (χ1v) is 17.2. The van der Waals surface area contributed by atoms with Crippen molar-refractivity contribution >= 4 is 79.1 Å². The van der Waals surface area contributed by atoms with Gasteiger partial charge in [-0.1, -0.05) is 29.3 Å². The Hall–Kier alpha value is -5.70. The zero-order valence-corrected chi connectivity index (χ0v) is 31.2. The minimum Gasteiger partial charge on any atom is -0.465 e. The molecule has 54 heavy (non-hydrogen) atoms. The van der Waals surface area contributed by atoms with E-state index in [1.54, 1.807) is 12.1 Å². The van der Waals surface area contributed by atoms with Crippen molar-refractivity contribution in [3.8, 4) is 33.8 Å². The van der Waals surface area contributed by atoms with E-state index < -0.39 is 23.5 Å². The summed E-state index contributed by atoms with van der Waals surface area (Å²) in [5, 5.41) is 6.23. The van der Waals surface area contributed by atoms with Crippen LogP contribution in [0.5, 0.6) is 0 Å². The number of rotatable bonds is 6. The number of methoxy groups -OCH3 is 1. The molecule has 0 atom stereocenters. The molecule has 4 aromatic heterocycles. The fourth-order valence-corrected chi connectivity index (χ4v) is 6.14. The predicted molar refractivity (Wildman–Crippen MR) is 200 cm³/mol. The van der Waals surface area contributed by atoms with E-state index in [0.29, 0.717) is 48.8 Å². The third-order valence-corrected chi connectivity index (χ3v) is 9.44. The number of benzene rings is 3. The predicted octanol–water partition coefficient (Wildman–Crippen LogP) is 9.65. The zero-order chi connectivity index (χ0) is 38.8. The van der Waals surface area contributed by atoms with E-state index in [1.165, 1.54) is 74.8 Å². The van der Waals surface area contributed by atoms with Gasteiger partial charge in [-0.3, -0.25) is 9.59 Å². The second-order valence-electron chi connectivity index (χ2n) is 11.3. The first-order valence-electron chi connectivity index (χ1n) is 15.6. The third kappa shape index (κ3) is 7.40. The average Bonchev–Trinajstić information content (AvgIpc) is 3.72. The van der Waals surface area contributed by atoms with Crippen LogP contribution in [0.15, 0.2) is 92.2 Å². The van der Waals surface area contributed by atoms with Gasteiger partial charge in [-0.2, -0.15) is 4.98 Å². The van der Waals surface area contributed by atoms with Crippen molar-refractivity contribution in [1.82, 2.24) is 20.6 Å². The van der Waals surface area contributed by atoms with Crippen molar-refractivity contribution in [2.75, 3.05) is 21.2 Å². The van der Waals surface area contributed by atoms with Crippen molar-refractivity contribution in [3.05, 3.63) is 128 Å². The van der Waals surface area contributed by atoms with Crippen LogP contribution < -0.4 is 10.6 Å². The number of pyridine rings is 2. The number of amides is 2. The van der Waals surface area contributed by atoms with Crippen LogP contribution in [-0.2, 0) is 4.74 Å². The average molecular weight is 840 g/mol. The van der Waals surface area contributed by atoms with Gasteiger partial charge in [0.15, 0.2) is 0 Å². The van der Waals surface area contributed by atoms with Crippen LogP contribution in [-0.4, -0.2) is 49.0 Å². The standard InChI is InChI=1S/C23H15ClF2N2O4.C15H9BrClFN2O2/c1-27-21(29)18-16-10-14(12-5-8-17(26)15(9-12)23(30)31-2)20(24)28-22(16)32-19(18)11-3-6-13(25)7-4-11;1-19-14(21)11-9-6-10(16)13(17)20-15(9)22-12(11)7-2-4-8(18)5-3-7/h3-10H,1-2H3,(H,27,29);2-6H,1H3,(H,19,21). The van der Waals surface area contributed by atoms with Gasteiger partial charge in [-0.05, 0) is 94.3 Å². The van der Waals surface area contributed by atoms with Gasteiger partial charge < -0.3 is 24.2 Å². The Morgan fingerprint density at radius 2 is 1.15 bits per heavy atom. The lowest BCUT2D eigenvalue weighted by Crippen LogP contribution is -2.18. The summed E-state index contributed by atoms with van der Waals surface area (Å²) < 4.78 is 57.2. The Morgan fingerprint density at radius 1 is 0.685 bits per heavy atom. The van der Waals surface area contributed by atoms with Crippen LogP contribution >= 0.6 is 39.1 Å². The van der Waals surface area contributed by atoms with Crippen molar-refractivity contribution in [1.29, 1.82) is 0 Å². The maximum atomic E-state index is 14.1. The Kier molecular flexibility index (Phi) is 11.1. The molecule has 2 amide bonds. The number of furan rings is 2. The lowest BCUT2D eigenvalue weighted by Gasteiger charge is -2.08. The second-order valence-corrected chi connectivity index (χ2v) is 12.8. The molecule has 274 valence electrons. The number of carbonyl (C=O) groups excluding carboxylic acids is 3. The molecular formula is C38H24BrCl2F3N4O6. The smallest absolute Gasteiger partial charge is 0.340 e. The van der Waals surface area contributed by atoms with Crippen LogP contribution in [0.4, 0.5) is 13.2 Å². The molecule has 10 nitrogen and oxygen atoms in total. The van der Waals surface area contributed by atoms with Crippen LogP contribution in [0.25, 0.3) is 56.0 Å². The number of fused-ring (bicyclic) bond motifs is 2. The fourth-order valence-electron chi connectivity index (χ4n) is 5.45. The number of hydrogen-bond acceptors (Lipinski definition) is 8. The normalized spacial score (nSPS) is 10.9. The molecule has 0 aliphatic heterocycles. The highest BCUT2D eigenvalue weighted by molar-refractivity contribution is 9.10. The highest BCUT2D eigenvalue weighted by atomic mass is 79.9. The number of halogens is 6. The van der Waals surface area contributed by atoms with E-state index in [1.807, 2.05) is 0 Å². The van der Waals surface area contributed by atoms with Gasteiger partial charge in [-0.15, -0.1) is 0 Å². The van der Waals surface area contributed by atoms with Gasteiger partial charge in [0.05, 0.1) is 39.0 Å². The number of aromatic nitrogens is 2. The summed E-state index contributed by atoms with van der Waals surface area (Å²) in [6.45, 7) is 0. The number of ether oxygens (including phenoxy) is 1. The largest absolute Gasteiger partial charge is 0.465 e.